The Hall–Kier alpha value is -3.68. The molecule has 0 fully saturated rings. The first-order valence-electron chi connectivity index (χ1n) is 11.2. The molecule has 8 heteroatoms. The minimum Gasteiger partial charge on any atom is -0.352 e. The SMILES string of the molecule is Cc1cccc(Cn2nc3n(C(C)C)c(=O)c4ccc(C(=O)NCC(C)C)cc4n3c2=O)c1. The molecule has 0 unspecified atom stereocenters. The van der Waals surface area contributed by atoms with E-state index in [-0.39, 0.29) is 35.5 Å². The third-order valence-corrected chi connectivity index (χ3v) is 5.59. The number of aryl methyl sites for hydroxylation is 1. The molecule has 2 heterocycles. The van der Waals surface area contributed by atoms with E-state index in [4.69, 9.17) is 0 Å². The Morgan fingerprint density at radius 2 is 1.82 bits per heavy atom. The topological polar surface area (TPSA) is 90.4 Å². The number of fused-ring (bicyclic) bond motifs is 3. The van der Waals surface area contributed by atoms with E-state index in [2.05, 4.69) is 10.4 Å². The molecular formula is C25H29N5O3. The van der Waals surface area contributed by atoms with Gasteiger partial charge in [0.05, 0.1) is 17.4 Å². The van der Waals surface area contributed by atoms with Crippen LogP contribution < -0.4 is 16.6 Å². The van der Waals surface area contributed by atoms with E-state index in [0.29, 0.717) is 28.9 Å². The van der Waals surface area contributed by atoms with Gasteiger partial charge in [0.15, 0.2) is 0 Å². The molecule has 33 heavy (non-hydrogen) atoms. The lowest BCUT2D eigenvalue weighted by atomic mass is 10.1. The number of amides is 1. The fourth-order valence-corrected chi connectivity index (χ4v) is 3.97. The molecule has 0 aliphatic heterocycles. The summed E-state index contributed by atoms with van der Waals surface area (Å²) in [6, 6.07) is 12.5. The van der Waals surface area contributed by atoms with Gasteiger partial charge in [0.1, 0.15) is 0 Å². The van der Waals surface area contributed by atoms with Crippen molar-refractivity contribution in [3.8, 4) is 0 Å². The zero-order chi connectivity index (χ0) is 23.9. The molecule has 4 rings (SSSR count). The van der Waals surface area contributed by atoms with Gasteiger partial charge >= 0.3 is 5.69 Å². The van der Waals surface area contributed by atoms with Crippen molar-refractivity contribution in [2.75, 3.05) is 6.54 Å². The van der Waals surface area contributed by atoms with Gasteiger partial charge in [-0.1, -0.05) is 43.7 Å². The van der Waals surface area contributed by atoms with Crippen molar-refractivity contribution in [2.45, 2.75) is 47.2 Å². The van der Waals surface area contributed by atoms with Crippen molar-refractivity contribution < 1.29 is 4.79 Å². The van der Waals surface area contributed by atoms with Gasteiger partial charge in [0.25, 0.3) is 11.5 Å². The van der Waals surface area contributed by atoms with Gasteiger partial charge in [-0.25, -0.2) is 13.9 Å². The zero-order valence-electron chi connectivity index (χ0n) is 19.6. The van der Waals surface area contributed by atoms with Crippen LogP contribution in [0.5, 0.6) is 0 Å². The smallest absolute Gasteiger partial charge is 0.352 e. The van der Waals surface area contributed by atoms with Crippen LogP contribution in [0.3, 0.4) is 0 Å². The van der Waals surface area contributed by atoms with Gasteiger partial charge in [-0.3, -0.25) is 14.2 Å². The molecule has 0 saturated heterocycles. The molecule has 0 saturated carbocycles. The van der Waals surface area contributed by atoms with Crippen LogP contribution in [0.4, 0.5) is 0 Å². The summed E-state index contributed by atoms with van der Waals surface area (Å²) in [5.74, 6) is 0.328. The fourth-order valence-electron chi connectivity index (χ4n) is 3.97. The second kappa shape index (κ2) is 8.69. The summed E-state index contributed by atoms with van der Waals surface area (Å²) in [6.07, 6.45) is 0. The molecular weight excluding hydrogens is 418 g/mol. The van der Waals surface area contributed by atoms with Gasteiger partial charge in [-0.2, -0.15) is 0 Å². The number of benzene rings is 2. The second-order valence-electron chi connectivity index (χ2n) is 9.17. The maximum atomic E-state index is 13.5. The van der Waals surface area contributed by atoms with Gasteiger partial charge < -0.3 is 5.32 Å². The number of nitrogens with one attached hydrogen (secondary N) is 1. The van der Waals surface area contributed by atoms with E-state index in [0.717, 1.165) is 11.1 Å². The summed E-state index contributed by atoms with van der Waals surface area (Å²) in [4.78, 5) is 39.4. The van der Waals surface area contributed by atoms with Crippen LogP contribution in [-0.4, -0.2) is 31.2 Å². The van der Waals surface area contributed by atoms with Crippen LogP contribution in [0.25, 0.3) is 16.7 Å². The molecule has 0 radical (unpaired) electrons. The first kappa shape index (κ1) is 22.5. The molecule has 172 valence electrons. The third-order valence-electron chi connectivity index (χ3n) is 5.59. The van der Waals surface area contributed by atoms with E-state index in [9.17, 15) is 14.4 Å². The van der Waals surface area contributed by atoms with Crippen LogP contribution in [-0.2, 0) is 6.54 Å². The van der Waals surface area contributed by atoms with E-state index >= 15 is 0 Å². The van der Waals surface area contributed by atoms with Gasteiger partial charge in [0.2, 0.25) is 5.78 Å². The quantitative estimate of drug-likeness (QED) is 0.492. The average molecular weight is 448 g/mol. The molecule has 8 nitrogen and oxygen atoms in total. The predicted octanol–water partition coefficient (Wildman–Crippen LogP) is 3.13. The van der Waals surface area contributed by atoms with E-state index in [1.165, 1.54) is 13.6 Å². The van der Waals surface area contributed by atoms with Crippen molar-refractivity contribution in [3.63, 3.8) is 0 Å². The van der Waals surface area contributed by atoms with Gasteiger partial charge in [0, 0.05) is 18.2 Å². The lowest BCUT2D eigenvalue weighted by Gasteiger charge is -2.13. The predicted molar refractivity (Wildman–Crippen MR) is 129 cm³/mol. The number of nitrogens with zero attached hydrogens (tertiary/aromatic N) is 4. The molecule has 0 aliphatic rings. The highest BCUT2D eigenvalue weighted by Gasteiger charge is 2.20. The van der Waals surface area contributed by atoms with Gasteiger partial charge in [-0.05, 0) is 50.5 Å². The summed E-state index contributed by atoms with van der Waals surface area (Å²) in [7, 11) is 0. The highest BCUT2D eigenvalue weighted by Crippen LogP contribution is 2.17. The number of aromatic nitrogens is 4. The largest absolute Gasteiger partial charge is 0.352 e. The van der Waals surface area contributed by atoms with Crippen LogP contribution in [0, 0.1) is 12.8 Å². The van der Waals surface area contributed by atoms with Crippen LogP contribution in [0.15, 0.2) is 52.1 Å². The summed E-state index contributed by atoms with van der Waals surface area (Å²) >= 11 is 0. The molecule has 0 bridgehead atoms. The number of rotatable bonds is 6. The highest BCUT2D eigenvalue weighted by molar-refractivity contribution is 5.98. The first-order valence-corrected chi connectivity index (χ1v) is 11.2. The van der Waals surface area contributed by atoms with Crippen LogP contribution in [0.1, 0.15) is 55.2 Å². The average Bonchev–Trinajstić information content (AvgIpc) is 3.07. The fraction of sp³-hybridized carbons (Fsp3) is 0.360. The summed E-state index contributed by atoms with van der Waals surface area (Å²) in [5.41, 5.74) is 2.21. The minimum absolute atomic E-state index is 0.201. The Kier molecular flexibility index (Phi) is 5.93. The highest BCUT2D eigenvalue weighted by atomic mass is 16.2. The maximum absolute atomic E-state index is 13.5. The van der Waals surface area contributed by atoms with E-state index in [1.807, 2.05) is 58.9 Å². The summed E-state index contributed by atoms with van der Waals surface area (Å²) < 4.78 is 4.33. The number of carbonyl (C=O) groups is 1. The lowest BCUT2D eigenvalue weighted by molar-refractivity contribution is 0.0949. The molecule has 1 amide bonds. The second-order valence-corrected chi connectivity index (χ2v) is 9.17. The molecule has 4 aromatic rings. The lowest BCUT2D eigenvalue weighted by Crippen LogP contribution is -2.29. The summed E-state index contributed by atoms with van der Waals surface area (Å²) in [5, 5.41) is 7.78. The first-order chi connectivity index (χ1) is 15.7. The molecule has 2 aromatic carbocycles. The zero-order valence-corrected chi connectivity index (χ0v) is 19.6. The number of hydrogen-bond donors (Lipinski definition) is 1. The molecule has 0 spiro atoms. The minimum atomic E-state index is -0.356. The number of carbonyl (C=O) groups excluding carboxylic acids is 1. The standard InChI is InChI=1S/C25H29N5O3/c1-15(2)13-26-22(31)19-9-10-20-21(12-19)30-24(29(16(3)4)23(20)32)27-28(25(30)33)14-18-8-6-7-17(5)11-18/h6-12,15-16H,13-14H2,1-5H3,(H,26,31). The third kappa shape index (κ3) is 4.20. The molecule has 0 aliphatic carbocycles. The van der Waals surface area contributed by atoms with Crippen molar-refractivity contribution in [3.05, 3.63) is 80.0 Å². The normalized spacial score (nSPS) is 11.7. The Labute approximate surface area is 191 Å². The van der Waals surface area contributed by atoms with Crippen molar-refractivity contribution in [1.82, 2.24) is 24.1 Å². The molecule has 2 aromatic heterocycles. The van der Waals surface area contributed by atoms with Crippen LogP contribution >= 0.6 is 0 Å². The molecule has 1 N–H and O–H groups in total. The summed E-state index contributed by atoms with van der Waals surface area (Å²) in [6.45, 7) is 10.6. The van der Waals surface area contributed by atoms with Crippen molar-refractivity contribution in [2.24, 2.45) is 5.92 Å². The van der Waals surface area contributed by atoms with Crippen molar-refractivity contribution >= 4 is 22.6 Å². The van der Waals surface area contributed by atoms with E-state index < -0.39 is 0 Å². The van der Waals surface area contributed by atoms with Gasteiger partial charge in [-0.15, -0.1) is 5.10 Å². The van der Waals surface area contributed by atoms with Crippen molar-refractivity contribution in [1.29, 1.82) is 0 Å². The number of hydrogen-bond acceptors (Lipinski definition) is 4. The Balaban J connectivity index is 1.95. The Morgan fingerprint density at radius 3 is 2.48 bits per heavy atom. The Morgan fingerprint density at radius 1 is 1.06 bits per heavy atom. The van der Waals surface area contributed by atoms with Crippen LogP contribution in [0.2, 0.25) is 0 Å². The Bertz CT molecular complexity index is 1470. The monoisotopic (exact) mass is 447 g/mol. The molecule has 0 atom stereocenters. The van der Waals surface area contributed by atoms with E-state index in [1.54, 1.807) is 18.2 Å². The maximum Gasteiger partial charge on any atom is 0.352 e.